The smallest absolute Gasteiger partial charge is 0.245 e. The Bertz CT molecular complexity index is 650. The predicted molar refractivity (Wildman–Crippen MR) is 99.5 cm³/mol. The van der Waals surface area contributed by atoms with Crippen molar-refractivity contribution in [1.82, 2.24) is 20.9 Å². The molecule has 28 heavy (non-hydrogen) atoms. The lowest BCUT2D eigenvalue weighted by molar-refractivity contribution is -0.141. The molecule has 0 aliphatic carbocycles. The van der Waals surface area contributed by atoms with E-state index in [0.717, 1.165) is 0 Å². The standard InChI is InChI=1S/C18H29N5O5/c1-10(2)8-12(16(26)20-9-14(19)24)22-17(27)13-4-3-7-23(13)18(28)11-5-6-15(25)21-11/h10-13H,3-9H2,1-2H3,(H2,19,24)(H,20,26)(H,21,25)(H,22,27)/t11-,12-,13-/m0/s1. The summed E-state index contributed by atoms with van der Waals surface area (Å²) in [5, 5.41) is 7.76. The number of carbonyl (C=O) groups is 5. The number of amides is 5. The molecule has 0 radical (unpaired) electrons. The third-order valence-corrected chi connectivity index (χ3v) is 4.91. The molecule has 3 atom stereocenters. The number of likely N-dealkylation sites (tertiary alicyclic amines) is 1. The Balaban J connectivity index is 2.02. The first kappa shape index (κ1) is 21.6. The van der Waals surface area contributed by atoms with Gasteiger partial charge in [-0.3, -0.25) is 24.0 Å². The number of hydrogen-bond acceptors (Lipinski definition) is 5. The highest BCUT2D eigenvalue weighted by Crippen LogP contribution is 2.21. The lowest BCUT2D eigenvalue weighted by Gasteiger charge is -2.28. The van der Waals surface area contributed by atoms with Crippen LogP contribution in [-0.4, -0.2) is 65.7 Å². The second-order valence-corrected chi connectivity index (χ2v) is 7.72. The Labute approximate surface area is 163 Å². The van der Waals surface area contributed by atoms with Crippen LogP contribution in [0.1, 0.15) is 46.0 Å². The van der Waals surface area contributed by atoms with Gasteiger partial charge >= 0.3 is 0 Å². The monoisotopic (exact) mass is 395 g/mol. The Morgan fingerprint density at radius 3 is 2.54 bits per heavy atom. The summed E-state index contributed by atoms with van der Waals surface area (Å²) in [5.41, 5.74) is 5.05. The molecule has 2 fully saturated rings. The number of carbonyl (C=O) groups excluding carboxylic acids is 5. The van der Waals surface area contributed by atoms with E-state index in [0.29, 0.717) is 38.6 Å². The molecule has 2 heterocycles. The van der Waals surface area contributed by atoms with Crippen molar-refractivity contribution in [2.24, 2.45) is 11.7 Å². The molecule has 0 aromatic carbocycles. The topological polar surface area (TPSA) is 151 Å². The fraction of sp³-hybridized carbons (Fsp3) is 0.722. The molecule has 0 unspecified atom stereocenters. The molecular weight excluding hydrogens is 366 g/mol. The summed E-state index contributed by atoms with van der Waals surface area (Å²) in [6, 6.07) is -2.09. The van der Waals surface area contributed by atoms with E-state index in [2.05, 4.69) is 16.0 Å². The average Bonchev–Trinajstić information content (AvgIpc) is 3.27. The van der Waals surface area contributed by atoms with Gasteiger partial charge in [-0.15, -0.1) is 0 Å². The minimum Gasteiger partial charge on any atom is -0.368 e. The van der Waals surface area contributed by atoms with Crippen LogP contribution in [-0.2, 0) is 24.0 Å². The maximum Gasteiger partial charge on any atom is 0.245 e. The Morgan fingerprint density at radius 2 is 1.96 bits per heavy atom. The van der Waals surface area contributed by atoms with Crippen molar-refractivity contribution in [3.63, 3.8) is 0 Å². The maximum atomic E-state index is 12.8. The zero-order valence-electron chi connectivity index (χ0n) is 16.3. The summed E-state index contributed by atoms with van der Waals surface area (Å²) in [7, 11) is 0. The first-order valence-electron chi connectivity index (χ1n) is 9.65. The van der Waals surface area contributed by atoms with E-state index in [1.807, 2.05) is 13.8 Å². The van der Waals surface area contributed by atoms with Crippen LogP contribution in [0.15, 0.2) is 0 Å². The second kappa shape index (κ2) is 9.52. The van der Waals surface area contributed by atoms with Gasteiger partial charge in [0.05, 0.1) is 6.54 Å². The van der Waals surface area contributed by atoms with Crippen LogP contribution < -0.4 is 21.7 Å². The number of rotatable bonds is 8. The van der Waals surface area contributed by atoms with Gasteiger partial charge in [-0.25, -0.2) is 0 Å². The van der Waals surface area contributed by atoms with Crippen molar-refractivity contribution in [3.05, 3.63) is 0 Å². The summed E-state index contributed by atoms with van der Waals surface area (Å²) < 4.78 is 0. The molecule has 0 bridgehead atoms. The molecule has 0 spiro atoms. The molecule has 2 saturated heterocycles. The summed E-state index contributed by atoms with van der Waals surface area (Å²) >= 11 is 0. The van der Waals surface area contributed by atoms with Crippen molar-refractivity contribution < 1.29 is 24.0 Å². The normalized spacial score (nSPS) is 22.7. The molecule has 2 aliphatic rings. The Hall–Kier alpha value is -2.65. The van der Waals surface area contributed by atoms with Gasteiger partial charge in [0, 0.05) is 13.0 Å². The van der Waals surface area contributed by atoms with Crippen LogP contribution in [0.4, 0.5) is 0 Å². The lowest BCUT2D eigenvalue weighted by atomic mass is 10.0. The first-order valence-corrected chi connectivity index (χ1v) is 9.65. The van der Waals surface area contributed by atoms with Crippen molar-refractivity contribution in [1.29, 1.82) is 0 Å². The van der Waals surface area contributed by atoms with Crippen LogP contribution in [0.5, 0.6) is 0 Å². The van der Waals surface area contributed by atoms with Gasteiger partial charge in [0.2, 0.25) is 29.5 Å². The molecule has 10 nitrogen and oxygen atoms in total. The fourth-order valence-electron chi connectivity index (χ4n) is 3.57. The van der Waals surface area contributed by atoms with Crippen LogP contribution >= 0.6 is 0 Å². The maximum absolute atomic E-state index is 12.8. The Morgan fingerprint density at radius 1 is 1.25 bits per heavy atom. The highest BCUT2D eigenvalue weighted by atomic mass is 16.2. The highest BCUT2D eigenvalue weighted by Gasteiger charge is 2.40. The fourth-order valence-corrected chi connectivity index (χ4v) is 3.57. The molecule has 156 valence electrons. The van der Waals surface area contributed by atoms with Crippen LogP contribution in [0.2, 0.25) is 0 Å². The minimum atomic E-state index is -0.824. The van der Waals surface area contributed by atoms with Crippen LogP contribution in [0.3, 0.4) is 0 Å². The van der Waals surface area contributed by atoms with Crippen molar-refractivity contribution >= 4 is 29.5 Å². The van der Waals surface area contributed by atoms with E-state index in [9.17, 15) is 24.0 Å². The van der Waals surface area contributed by atoms with Crippen LogP contribution in [0.25, 0.3) is 0 Å². The third kappa shape index (κ3) is 5.67. The summed E-state index contributed by atoms with van der Waals surface area (Å²) in [5.74, 6) is -1.87. The summed E-state index contributed by atoms with van der Waals surface area (Å²) in [6.07, 6.45) is 2.28. The second-order valence-electron chi connectivity index (χ2n) is 7.72. The van der Waals surface area contributed by atoms with Gasteiger partial charge < -0.3 is 26.6 Å². The van der Waals surface area contributed by atoms with Gasteiger partial charge in [0.25, 0.3) is 0 Å². The van der Waals surface area contributed by atoms with Crippen LogP contribution in [0, 0.1) is 5.92 Å². The molecule has 0 aromatic heterocycles. The Kier molecular flexibility index (Phi) is 7.36. The quantitative estimate of drug-likeness (QED) is 0.390. The molecule has 2 rings (SSSR count). The number of nitrogens with zero attached hydrogens (tertiary/aromatic N) is 1. The van der Waals surface area contributed by atoms with E-state index in [1.54, 1.807) is 0 Å². The number of nitrogens with two attached hydrogens (primary N) is 1. The third-order valence-electron chi connectivity index (χ3n) is 4.91. The zero-order valence-corrected chi connectivity index (χ0v) is 16.3. The lowest BCUT2D eigenvalue weighted by Crippen LogP contribution is -2.55. The molecule has 0 aromatic rings. The van der Waals surface area contributed by atoms with Gasteiger partial charge in [-0.1, -0.05) is 13.8 Å². The van der Waals surface area contributed by atoms with Crippen molar-refractivity contribution in [3.8, 4) is 0 Å². The van der Waals surface area contributed by atoms with Gasteiger partial charge in [-0.05, 0) is 31.6 Å². The van der Waals surface area contributed by atoms with Crippen molar-refractivity contribution in [2.75, 3.05) is 13.1 Å². The predicted octanol–water partition coefficient (Wildman–Crippen LogP) is -1.61. The molecular formula is C18H29N5O5. The number of hydrogen-bond donors (Lipinski definition) is 4. The highest BCUT2D eigenvalue weighted by molar-refractivity contribution is 5.96. The summed E-state index contributed by atoms with van der Waals surface area (Å²) in [6.45, 7) is 3.95. The zero-order chi connectivity index (χ0) is 20.8. The van der Waals surface area contributed by atoms with E-state index < -0.39 is 35.8 Å². The number of nitrogens with one attached hydrogen (secondary N) is 3. The molecule has 10 heteroatoms. The van der Waals surface area contributed by atoms with Gasteiger partial charge in [0.15, 0.2) is 0 Å². The van der Waals surface area contributed by atoms with E-state index in [1.165, 1.54) is 4.90 Å². The molecule has 5 amide bonds. The minimum absolute atomic E-state index is 0.125. The SMILES string of the molecule is CC(C)C[C@H](NC(=O)[C@@H]1CCCN1C(=O)[C@@H]1CCC(=O)N1)C(=O)NCC(N)=O. The van der Waals surface area contributed by atoms with Crippen molar-refractivity contribution in [2.45, 2.75) is 64.1 Å². The first-order chi connectivity index (χ1) is 13.2. The molecule has 5 N–H and O–H groups in total. The van der Waals surface area contributed by atoms with Gasteiger partial charge in [-0.2, -0.15) is 0 Å². The van der Waals surface area contributed by atoms with E-state index in [4.69, 9.17) is 5.73 Å². The van der Waals surface area contributed by atoms with Gasteiger partial charge in [0.1, 0.15) is 18.1 Å². The average molecular weight is 395 g/mol. The summed E-state index contributed by atoms with van der Waals surface area (Å²) in [4.78, 5) is 61.6. The van der Waals surface area contributed by atoms with E-state index in [-0.39, 0.29) is 24.3 Å². The number of primary amides is 1. The molecule has 2 aliphatic heterocycles. The largest absolute Gasteiger partial charge is 0.368 e. The van der Waals surface area contributed by atoms with E-state index >= 15 is 0 Å². The molecule has 0 saturated carbocycles.